The monoisotopic (exact) mass is 329 g/mol. The zero-order valence-corrected chi connectivity index (χ0v) is 14.1. The molecular formula is C18H23N3O3. The van der Waals surface area contributed by atoms with Crippen molar-refractivity contribution in [2.75, 3.05) is 18.5 Å². The van der Waals surface area contributed by atoms with Gasteiger partial charge in [-0.2, -0.15) is 5.10 Å². The van der Waals surface area contributed by atoms with Crippen molar-refractivity contribution in [1.29, 1.82) is 0 Å². The quantitative estimate of drug-likeness (QED) is 0.779. The molecule has 6 heteroatoms. The second-order valence-corrected chi connectivity index (χ2v) is 5.85. The second kappa shape index (κ2) is 7.38. The molecule has 1 aromatic heterocycles. The van der Waals surface area contributed by atoms with Crippen molar-refractivity contribution in [3.05, 3.63) is 35.5 Å². The van der Waals surface area contributed by atoms with E-state index in [-0.39, 0.29) is 12.3 Å². The first-order valence-corrected chi connectivity index (χ1v) is 8.43. The standard InChI is InChI=1S/C18H23N3O3/c1-3-23-15-8-5-12(9-16(15)24-4-2)10-18(22)19-17-11-14(20-21-17)13-6-7-13/h5,8-9,11,13H,3-4,6-7,10H2,1-2H3,(H2,19,20,21,22). The second-order valence-electron chi connectivity index (χ2n) is 5.85. The Morgan fingerprint density at radius 3 is 2.67 bits per heavy atom. The van der Waals surface area contributed by atoms with Crippen LogP contribution in [0, 0.1) is 0 Å². The van der Waals surface area contributed by atoms with Gasteiger partial charge in [-0.3, -0.25) is 9.89 Å². The van der Waals surface area contributed by atoms with Crippen LogP contribution in [0.4, 0.5) is 5.82 Å². The minimum Gasteiger partial charge on any atom is -0.490 e. The van der Waals surface area contributed by atoms with Gasteiger partial charge in [0.05, 0.1) is 19.6 Å². The smallest absolute Gasteiger partial charge is 0.229 e. The van der Waals surface area contributed by atoms with Gasteiger partial charge < -0.3 is 14.8 Å². The van der Waals surface area contributed by atoms with Gasteiger partial charge in [0.2, 0.25) is 5.91 Å². The SMILES string of the molecule is CCOc1ccc(CC(=O)Nc2cc(C3CC3)[nH]n2)cc1OCC. The number of rotatable bonds is 8. The molecule has 2 N–H and O–H groups in total. The summed E-state index contributed by atoms with van der Waals surface area (Å²) in [7, 11) is 0. The van der Waals surface area contributed by atoms with E-state index in [1.807, 2.05) is 38.1 Å². The van der Waals surface area contributed by atoms with Crippen molar-refractivity contribution >= 4 is 11.7 Å². The molecule has 1 fully saturated rings. The molecule has 6 nitrogen and oxygen atoms in total. The highest BCUT2D eigenvalue weighted by molar-refractivity contribution is 5.91. The Hall–Kier alpha value is -2.50. The van der Waals surface area contributed by atoms with Gasteiger partial charge in [0.15, 0.2) is 17.3 Å². The van der Waals surface area contributed by atoms with Crippen LogP contribution in [0.2, 0.25) is 0 Å². The lowest BCUT2D eigenvalue weighted by atomic mass is 10.1. The van der Waals surface area contributed by atoms with E-state index in [2.05, 4.69) is 15.5 Å². The fraction of sp³-hybridized carbons (Fsp3) is 0.444. The highest BCUT2D eigenvalue weighted by Gasteiger charge is 2.25. The van der Waals surface area contributed by atoms with E-state index in [1.54, 1.807) is 0 Å². The summed E-state index contributed by atoms with van der Waals surface area (Å²) in [4.78, 5) is 12.2. The Kier molecular flexibility index (Phi) is 5.03. The van der Waals surface area contributed by atoms with Crippen molar-refractivity contribution in [1.82, 2.24) is 10.2 Å². The molecule has 0 radical (unpaired) electrons. The van der Waals surface area contributed by atoms with Gasteiger partial charge in [0.25, 0.3) is 0 Å². The molecule has 24 heavy (non-hydrogen) atoms. The fourth-order valence-corrected chi connectivity index (χ4v) is 2.58. The average Bonchev–Trinajstić information content (AvgIpc) is 3.31. The van der Waals surface area contributed by atoms with Gasteiger partial charge in [-0.15, -0.1) is 0 Å². The van der Waals surface area contributed by atoms with E-state index in [9.17, 15) is 4.79 Å². The molecule has 128 valence electrons. The Labute approximate surface area is 141 Å². The molecule has 0 spiro atoms. The van der Waals surface area contributed by atoms with Gasteiger partial charge in [-0.05, 0) is 44.4 Å². The van der Waals surface area contributed by atoms with Crippen molar-refractivity contribution in [2.24, 2.45) is 0 Å². The third-order valence-corrected chi connectivity index (χ3v) is 3.85. The number of aromatic nitrogens is 2. The van der Waals surface area contributed by atoms with Gasteiger partial charge in [0.1, 0.15) is 0 Å². The van der Waals surface area contributed by atoms with E-state index in [0.29, 0.717) is 36.4 Å². The summed E-state index contributed by atoms with van der Waals surface area (Å²) in [6.45, 7) is 4.97. The summed E-state index contributed by atoms with van der Waals surface area (Å²) in [5.74, 6) is 2.43. The van der Waals surface area contributed by atoms with Crippen LogP contribution in [-0.2, 0) is 11.2 Å². The predicted octanol–water partition coefficient (Wildman–Crippen LogP) is 3.27. The normalized spacial score (nSPS) is 13.6. The summed E-state index contributed by atoms with van der Waals surface area (Å²) in [6.07, 6.45) is 2.65. The van der Waals surface area contributed by atoms with E-state index in [1.165, 1.54) is 12.8 Å². The maximum atomic E-state index is 12.2. The number of hydrogen-bond donors (Lipinski definition) is 2. The van der Waals surface area contributed by atoms with Crippen molar-refractivity contribution in [3.63, 3.8) is 0 Å². The Balaban J connectivity index is 1.63. The first-order valence-electron chi connectivity index (χ1n) is 8.43. The largest absolute Gasteiger partial charge is 0.490 e. The molecule has 1 aliphatic carbocycles. The molecule has 1 heterocycles. The summed E-state index contributed by atoms with van der Waals surface area (Å²) in [6, 6.07) is 7.50. The Morgan fingerprint density at radius 1 is 1.21 bits per heavy atom. The van der Waals surface area contributed by atoms with Crippen LogP contribution in [-0.4, -0.2) is 29.3 Å². The number of carbonyl (C=O) groups is 1. The minimum atomic E-state index is -0.101. The van der Waals surface area contributed by atoms with Crippen LogP contribution < -0.4 is 14.8 Å². The molecule has 1 aliphatic rings. The van der Waals surface area contributed by atoms with E-state index >= 15 is 0 Å². The number of benzene rings is 1. The number of anilines is 1. The van der Waals surface area contributed by atoms with Crippen LogP contribution in [0.15, 0.2) is 24.3 Å². The zero-order chi connectivity index (χ0) is 16.9. The number of hydrogen-bond acceptors (Lipinski definition) is 4. The number of nitrogens with one attached hydrogen (secondary N) is 2. The van der Waals surface area contributed by atoms with E-state index in [0.717, 1.165) is 11.3 Å². The predicted molar refractivity (Wildman–Crippen MR) is 91.7 cm³/mol. The van der Waals surface area contributed by atoms with Gasteiger partial charge in [0, 0.05) is 17.7 Å². The van der Waals surface area contributed by atoms with Crippen molar-refractivity contribution in [3.8, 4) is 11.5 Å². The van der Waals surface area contributed by atoms with Crippen LogP contribution in [0.5, 0.6) is 11.5 Å². The summed E-state index contributed by atoms with van der Waals surface area (Å²) in [5, 5.41) is 9.96. The van der Waals surface area contributed by atoms with Gasteiger partial charge in [-0.1, -0.05) is 6.07 Å². The number of H-pyrrole nitrogens is 1. The first-order chi connectivity index (χ1) is 11.7. The zero-order valence-electron chi connectivity index (χ0n) is 14.1. The maximum Gasteiger partial charge on any atom is 0.229 e. The highest BCUT2D eigenvalue weighted by atomic mass is 16.5. The van der Waals surface area contributed by atoms with E-state index in [4.69, 9.17) is 9.47 Å². The molecule has 2 aromatic rings. The molecule has 0 unspecified atom stereocenters. The molecule has 0 atom stereocenters. The molecule has 3 rings (SSSR count). The minimum absolute atomic E-state index is 0.101. The summed E-state index contributed by atoms with van der Waals surface area (Å²) < 4.78 is 11.1. The van der Waals surface area contributed by atoms with Gasteiger partial charge in [-0.25, -0.2) is 0 Å². The maximum absolute atomic E-state index is 12.2. The summed E-state index contributed by atoms with van der Waals surface area (Å²) >= 11 is 0. The van der Waals surface area contributed by atoms with E-state index < -0.39 is 0 Å². The Bertz CT molecular complexity index is 707. The highest BCUT2D eigenvalue weighted by Crippen LogP contribution is 2.39. The lowest BCUT2D eigenvalue weighted by Gasteiger charge is -2.12. The van der Waals surface area contributed by atoms with Crippen LogP contribution in [0.3, 0.4) is 0 Å². The van der Waals surface area contributed by atoms with Crippen LogP contribution in [0.1, 0.15) is 43.9 Å². The lowest BCUT2D eigenvalue weighted by molar-refractivity contribution is -0.115. The third kappa shape index (κ3) is 4.07. The molecule has 1 aromatic carbocycles. The Morgan fingerprint density at radius 2 is 1.96 bits per heavy atom. The van der Waals surface area contributed by atoms with Crippen molar-refractivity contribution < 1.29 is 14.3 Å². The number of amides is 1. The topological polar surface area (TPSA) is 76.2 Å². The molecule has 1 amide bonds. The summed E-state index contributed by atoms with van der Waals surface area (Å²) in [5.41, 5.74) is 1.97. The number of ether oxygens (including phenoxy) is 2. The molecule has 0 saturated heterocycles. The number of aromatic amines is 1. The number of carbonyl (C=O) groups excluding carboxylic acids is 1. The lowest BCUT2D eigenvalue weighted by Crippen LogP contribution is -2.14. The molecule has 1 saturated carbocycles. The molecule has 0 aliphatic heterocycles. The van der Waals surface area contributed by atoms with Crippen molar-refractivity contribution in [2.45, 2.75) is 39.0 Å². The number of nitrogens with zero attached hydrogens (tertiary/aromatic N) is 1. The van der Waals surface area contributed by atoms with Crippen LogP contribution >= 0.6 is 0 Å². The van der Waals surface area contributed by atoms with Gasteiger partial charge >= 0.3 is 0 Å². The third-order valence-electron chi connectivity index (χ3n) is 3.85. The first kappa shape index (κ1) is 16.4. The fourth-order valence-electron chi connectivity index (χ4n) is 2.58. The molecule has 0 bridgehead atoms. The average molecular weight is 329 g/mol. The molecular weight excluding hydrogens is 306 g/mol. The van der Waals surface area contributed by atoms with Crippen LogP contribution in [0.25, 0.3) is 0 Å².